The van der Waals surface area contributed by atoms with Gasteiger partial charge in [-0.15, -0.1) is 11.3 Å². The average molecular weight is 331 g/mol. The van der Waals surface area contributed by atoms with Gasteiger partial charge in [0, 0.05) is 22.8 Å². The van der Waals surface area contributed by atoms with Crippen LogP contribution in [0, 0.1) is 11.3 Å². The van der Waals surface area contributed by atoms with Crippen molar-refractivity contribution >= 4 is 28.1 Å². The Bertz CT molecular complexity index is 996. The SMILES string of the molecule is N#CC(Nc1ccc2nc[nH]c2c1)c1ccc(-c2nccs2)cc1. The summed E-state index contributed by atoms with van der Waals surface area (Å²) in [5.41, 5.74) is 4.70. The van der Waals surface area contributed by atoms with E-state index in [-0.39, 0.29) is 0 Å². The molecule has 2 heterocycles. The van der Waals surface area contributed by atoms with Crippen molar-refractivity contribution in [1.82, 2.24) is 15.0 Å². The topological polar surface area (TPSA) is 77.4 Å². The van der Waals surface area contributed by atoms with E-state index in [9.17, 15) is 5.26 Å². The maximum atomic E-state index is 9.52. The van der Waals surface area contributed by atoms with E-state index in [1.54, 1.807) is 23.9 Å². The number of hydrogen-bond donors (Lipinski definition) is 2. The van der Waals surface area contributed by atoms with E-state index < -0.39 is 6.04 Å². The summed E-state index contributed by atoms with van der Waals surface area (Å²) in [6.07, 6.45) is 3.45. The van der Waals surface area contributed by atoms with Crippen LogP contribution in [0.5, 0.6) is 0 Å². The van der Waals surface area contributed by atoms with Crippen LogP contribution in [0.4, 0.5) is 5.69 Å². The molecule has 0 aliphatic heterocycles. The van der Waals surface area contributed by atoms with Gasteiger partial charge in [-0.25, -0.2) is 9.97 Å². The fraction of sp³-hybridized carbons (Fsp3) is 0.0556. The van der Waals surface area contributed by atoms with E-state index in [1.165, 1.54) is 0 Å². The molecule has 0 radical (unpaired) electrons. The zero-order valence-corrected chi connectivity index (χ0v) is 13.4. The molecule has 0 saturated heterocycles. The molecule has 0 bridgehead atoms. The minimum Gasteiger partial charge on any atom is -0.366 e. The van der Waals surface area contributed by atoms with Gasteiger partial charge in [0.25, 0.3) is 0 Å². The summed E-state index contributed by atoms with van der Waals surface area (Å²) in [6.45, 7) is 0. The lowest BCUT2D eigenvalue weighted by atomic mass is 10.1. The number of thiazole rings is 1. The van der Waals surface area contributed by atoms with Gasteiger partial charge in [0.1, 0.15) is 11.0 Å². The first-order chi connectivity index (χ1) is 11.8. The van der Waals surface area contributed by atoms with Crippen molar-refractivity contribution in [3.05, 3.63) is 65.9 Å². The molecule has 24 heavy (non-hydrogen) atoms. The summed E-state index contributed by atoms with van der Waals surface area (Å²) in [5, 5.41) is 15.7. The molecule has 4 aromatic rings. The predicted octanol–water partition coefficient (Wildman–Crippen LogP) is 4.36. The molecule has 4 rings (SSSR count). The number of anilines is 1. The number of fused-ring (bicyclic) bond motifs is 1. The van der Waals surface area contributed by atoms with Crippen LogP contribution in [0.3, 0.4) is 0 Å². The molecule has 0 amide bonds. The standard InChI is InChI=1S/C18H13N5S/c19-10-17(23-14-5-6-15-16(9-14)22-11-21-15)12-1-3-13(4-2-12)18-20-7-8-24-18/h1-9,11,17,23H,(H,21,22). The van der Waals surface area contributed by atoms with E-state index >= 15 is 0 Å². The number of nitrogens with one attached hydrogen (secondary N) is 2. The van der Waals surface area contributed by atoms with E-state index in [0.29, 0.717) is 0 Å². The van der Waals surface area contributed by atoms with Crippen molar-refractivity contribution in [2.24, 2.45) is 0 Å². The highest BCUT2D eigenvalue weighted by Crippen LogP contribution is 2.26. The van der Waals surface area contributed by atoms with Gasteiger partial charge in [-0.05, 0) is 23.8 Å². The number of imidazole rings is 1. The summed E-state index contributed by atoms with van der Waals surface area (Å²) in [4.78, 5) is 11.6. The minimum atomic E-state index is -0.421. The van der Waals surface area contributed by atoms with Crippen molar-refractivity contribution in [3.8, 4) is 16.6 Å². The van der Waals surface area contributed by atoms with Crippen molar-refractivity contribution in [1.29, 1.82) is 5.26 Å². The normalized spacial score (nSPS) is 12.0. The first-order valence-corrected chi connectivity index (χ1v) is 8.30. The maximum Gasteiger partial charge on any atom is 0.140 e. The monoisotopic (exact) mass is 331 g/mol. The fourth-order valence-electron chi connectivity index (χ4n) is 2.57. The lowest BCUT2D eigenvalue weighted by molar-refractivity contribution is 0.998. The van der Waals surface area contributed by atoms with E-state index in [0.717, 1.165) is 32.9 Å². The summed E-state index contributed by atoms with van der Waals surface area (Å²) >= 11 is 1.60. The van der Waals surface area contributed by atoms with Crippen molar-refractivity contribution in [2.75, 3.05) is 5.32 Å². The predicted molar refractivity (Wildman–Crippen MR) is 95.6 cm³/mol. The third kappa shape index (κ3) is 2.73. The van der Waals surface area contributed by atoms with Crippen molar-refractivity contribution in [3.63, 3.8) is 0 Å². The van der Waals surface area contributed by atoms with Gasteiger partial charge in [0.2, 0.25) is 0 Å². The quantitative estimate of drug-likeness (QED) is 0.582. The highest BCUT2D eigenvalue weighted by molar-refractivity contribution is 7.13. The molecule has 5 nitrogen and oxygen atoms in total. The van der Waals surface area contributed by atoms with Crippen LogP contribution in [0.15, 0.2) is 60.4 Å². The van der Waals surface area contributed by atoms with Crippen LogP contribution in [0.25, 0.3) is 21.6 Å². The molecule has 0 aliphatic carbocycles. The van der Waals surface area contributed by atoms with Gasteiger partial charge in [-0.2, -0.15) is 5.26 Å². The molecule has 2 aromatic heterocycles. The second-order valence-corrected chi connectivity index (χ2v) is 6.19. The molecule has 116 valence electrons. The van der Waals surface area contributed by atoms with Gasteiger partial charge in [-0.3, -0.25) is 0 Å². The largest absolute Gasteiger partial charge is 0.366 e. The zero-order chi connectivity index (χ0) is 16.4. The number of nitrogens with zero attached hydrogens (tertiary/aromatic N) is 3. The Hall–Kier alpha value is -3.17. The molecule has 1 atom stereocenters. The van der Waals surface area contributed by atoms with E-state index in [1.807, 2.05) is 47.8 Å². The van der Waals surface area contributed by atoms with E-state index in [4.69, 9.17) is 0 Å². The number of nitriles is 1. The van der Waals surface area contributed by atoms with Crippen LogP contribution in [-0.2, 0) is 0 Å². The Balaban J connectivity index is 1.57. The van der Waals surface area contributed by atoms with Crippen LogP contribution in [0.1, 0.15) is 11.6 Å². The molecule has 6 heteroatoms. The maximum absolute atomic E-state index is 9.52. The first kappa shape index (κ1) is 14.4. The number of aromatic nitrogens is 3. The highest BCUT2D eigenvalue weighted by atomic mass is 32.1. The van der Waals surface area contributed by atoms with Gasteiger partial charge in [0.15, 0.2) is 0 Å². The van der Waals surface area contributed by atoms with Gasteiger partial charge >= 0.3 is 0 Å². The molecule has 1 unspecified atom stereocenters. The molecule has 0 aliphatic rings. The molecule has 2 N–H and O–H groups in total. The Labute approximate surface area is 142 Å². The summed E-state index contributed by atoms with van der Waals surface area (Å²) in [6, 6.07) is 15.6. The number of H-pyrrole nitrogens is 1. The molecule has 2 aromatic carbocycles. The van der Waals surface area contributed by atoms with Gasteiger partial charge < -0.3 is 10.3 Å². The third-order valence-corrected chi connectivity index (χ3v) is 4.61. The summed E-state index contributed by atoms with van der Waals surface area (Å²) in [7, 11) is 0. The van der Waals surface area contributed by atoms with E-state index in [2.05, 4.69) is 26.3 Å². The first-order valence-electron chi connectivity index (χ1n) is 7.42. The zero-order valence-electron chi connectivity index (χ0n) is 12.6. The molecule has 0 fully saturated rings. The summed E-state index contributed by atoms with van der Waals surface area (Å²) < 4.78 is 0. The number of aromatic amines is 1. The Morgan fingerprint density at radius 1 is 1.12 bits per heavy atom. The van der Waals surface area contributed by atoms with Crippen LogP contribution in [-0.4, -0.2) is 15.0 Å². The Kier molecular flexibility index (Phi) is 3.69. The molecule has 0 spiro atoms. The number of benzene rings is 2. The Morgan fingerprint density at radius 2 is 2.00 bits per heavy atom. The number of hydrogen-bond acceptors (Lipinski definition) is 5. The summed E-state index contributed by atoms with van der Waals surface area (Å²) in [5.74, 6) is 0. The fourth-order valence-corrected chi connectivity index (χ4v) is 3.21. The average Bonchev–Trinajstić information content (AvgIpc) is 3.31. The second kappa shape index (κ2) is 6.14. The Morgan fingerprint density at radius 3 is 2.75 bits per heavy atom. The van der Waals surface area contributed by atoms with Gasteiger partial charge in [-0.1, -0.05) is 24.3 Å². The molecule has 0 saturated carbocycles. The van der Waals surface area contributed by atoms with Crippen molar-refractivity contribution in [2.45, 2.75) is 6.04 Å². The van der Waals surface area contributed by atoms with Crippen molar-refractivity contribution < 1.29 is 0 Å². The van der Waals surface area contributed by atoms with Crippen LogP contribution in [0.2, 0.25) is 0 Å². The molecular weight excluding hydrogens is 318 g/mol. The lowest BCUT2D eigenvalue weighted by Gasteiger charge is -2.13. The van der Waals surface area contributed by atoms with Gasteiger partial charge in [0.05, 0.1) is 23.4 Å². The second-order valence-electron chi connectivity index (χ2n) is 5.30. The third-order valence-electron chi connectivity index (χ3n) is 3.78. The molecular formula is C18H13N5S. The van der Waals surface area contributed by atoms with Crippen LogP contribution >= 0.6 is 11.3 Å². The minimum absolute atomic E-state index is 0.421. The van der Waals surface area contributed by atoms with Crippen LogP contribution < -0.4 is 5.32 Å². The smallest absolute Gasteiger partial charge is 0.140 e. The highest BCUT2D eigenvalue weighted by Gasteiger charge is 2.11. The number of rotatable bonds is 4. The lowest BCUT2D eigenvalue weighted by Crippen LogP contribution is -2.08.